The molecule has 0 saturated carbocycles. The lowest BCUT2D eigenvalue weighted by atomic mass is 9.85. The number of ether oxygens (including phenoxy) is 2. The van der Waals surface area contributed by atoms with Crippen LogP contribution in [-0.2, 0) is 0 Å². The summed E-state index contributed by atoms with van der Waals surface area (Å²) in [6.45, 7) is 1.72. The van der Waals surface area contributed by atoms with Gasteiger partial charge in [-0.15, -0.1) is 0 Å². The molecule has 1 saturated heterocycles. The number of nitrogens with one attached hydrogen (secondary N) is 1. The van der Waals surface area contributed by atoms with Crippen LogP contribution in [0.1, 0.15) is 42.9 Å². The fraction of sp³-hybridized carbons (Fsp3) is 0.267. The number of aromatic hydroxyl groups is 1. The van der Waals surface area contributed by atoms with Gasteiger partial charge in [0.05, 0.1) is 12.2 Å². The van der Waals surface area contributed by atoms with E-state index in [2.05, 4.69) is 5.32 Å². The molecule has 184 valence electrons. The molecule has 2 unspecified atom stereocenters. The molecule has 0 radical (unpaired) electrons. The van der Waals surface area contributed by atoms with Crippen molar-refractivity contribution in [2.24, 2.45) is 0 Å². The van der Waals surface area contributed by atoms with Gasteiger partial charge in [0.25, 0.3) is 0 Å². The van der Waals surface area contributed by atoms with Crippen LogP contribution in [0.5, 0.6) is 17.2 Å². The monoisotopic (exact) mass is 487 g/mol. The highest BCUT2D eigenvalue weighted by atomic mass is 19.1. The number of hydrogen-bond donors (Lipinski definition) is 2. The summed E-state index contributed by atoms with van der Waals surface area (Å²) < 4.78 is 41.3. The number of fused-ring (bicyclic) bond motifs is 5. The Kier molecular flexibility index (Phi) is 5.97. The van der Waals surface area contributed by atoms with Gasteiger partial charge in [0.15, 0.2) is 6.10 Å². The smallest absolute Gasteiger partial charge is 0.150 e. The van der Waals surface area contributed by atoms with Gasteiger partial charge in [-0.2, -0.15) is 0 Å². The molecule has 2 aliphatic rings. The predicted molar refractivity (Wildman–Crippen MR) is 136 cm³/mol. The molecule has 1 fully saturated rings. The maximum Gasteiger partial charge on any atom is 0.150 e. The molecule has 0 aliphatic carbocycles. The molecule has 4 aromatic carbocycles. The topological polar surface area (TPSA) is 50.7 Å². The third kappa shape index (κ3) is 4.26. The molecule has 0 bridgehead atoms. The molecule has 0 aromatic heterocycles. The van der Waals surface area contributed by atoms with E-state index in [0.717, 1.165) is 46.7 Å². The van der Waals surface area contributed by atoms with Crippen LogP contribution in [0.15, 0.2) is 66.7 Å². The van der Waals surface area contributed by atoms with Gasteiger partial charge in [-0.25, -0.2) is 8.78 Å². The molecule has 2 N–H and O–H groups in total. The summed E-state index contributed by atoms with van der Waals surface area (Å²) in [6.07, 6.45) is 4.08. The quantitative estimate of drug-likeness (QED) is 0.322. The largest absolute Gasteiger partial charge is 0.508 e. The van der Waals surface area contributed by atoms with Gasteiger partial charge in [0, 0.05) is 23.7 Å². The molecule has 6 heteroatoms. The highest BCUT2D eigenvalue weighted by Gasteiger charge is 2.32. The Morgan fingerprint density at radius 1 is 0.972 bits per heavy atom. The zero-order valence-electron chi connectivity index (χ0n) is 19.8. The standard InChI is InChI=1S/C30H27F2NO3/c31-20-16-26(32)29-25-10-6-19-15-22(34)7-11-24(19)28(25)30(36-27(29)17-20)18-4-8-23(9-5-18)35-14-12-21-3-1-2-13-33-21/h4-11,15-17,21,30,33-34H,1-3,12-14H2. The van der Waals surface area contributed by atoms with E-state index in [1.165, 1.54) is 25.3 Å². The fourth-order valence-corrected chi connectivity index (χ4v) is 5.39. The van der Waals surface area contributed by atoms with Gasteiger partial charge >= 0.3 is 0 Å². The molecule has 4 aromatic rings. The number of rotatable bonds is 5. The van der Waals surface area contributed by atoms with E-state index < -0.39 is 17.7 Å². The van der Waals surface area contributed by atoms with E-state index in [-0.39, 0.29) is 17.1 Å². The lowest BCUT2D eigenvalue weighted by Crippen LogP contribution is -2.35. The highest BCUT2D eigenvalue weighted by molar-refractivity contribution is 5.95. The van der Waals surface area contributed by atoms with Crippen LogP contribution in [0, 0.1) is 11.6 Å². The van der Waals surface area contributed by atoms with Crippen molar-refractivity contribution in [1.29, 1.82) is 0 Å². The van der Waals surface area contributed by atoms with E-state index in [0.29, 0.717) is 18.2 Å². The molecule has 2 aliphatic heterocycles. The first kappa shape index (κ1) is 22.8. The molecule has 0 spiro atoms. The highest BCUT2D eigenvalue weighted by Crippen LogP contribution is 2.49. The Balaban J connectivity index is 1.34. The summed E-state index contributed by atoms with van der Waals surface area (Å²) in [7, 11) is 0. The van der Waals surface area contributed by atoms with Gasteiger partial charge in [0.2, 0.25) is 0 Å². The third-order valence-electron chi connectivity index (χ3n) is 7.17. The molecule has 2 heterocycles. The summed E-state index contributed by atoms with van der Waals surface area (Å²) in [4.78, 5) is 0. The summed E-state index contributed by atoms with van der Waals surface area (Å²) >= 11 is 0. The average molecular weight is 488 g/mol. The third-order valence-corrected chi connectivity index (χ3v) is 7.17. The van der Waals surface area contributed by atoms with E-state index in [4.69, 9.17) is 9.47 Å². The molecule has 4 nitrogen and oxygen atoms in total. The SMILES string of the molecule is Oc1ccc2c3c(ccc2c1)-c1c(F)cc(F)cc1OC3c1ccc(OCCC2CCCCN2)cc1. The minimum atomic E-state index is -0.685. The molecule has 2 atom stereocenters. The second-order valence-electron chi connectivity index (χ2n) is 9.54. The van der Waals surface area contributed by atoms with Crippen molar-refractivity contribution in [2.45, 2.75) is 37.8 Å². The van der Waals surface area contributed by atoms with Crippen molar-refractivity contribution in [2.75, 3.05) is 13.2 Å². The normalized spacial score (nSPS) is 18.8. The molecular weight excluding hydrogens is 460 g/mol. The number of benzene rings is 4. The Morgan fingerprint density at radius 2 is 1.83 bits per heavy atom. The number of phenolic OH excluding ortho intramolecular Hbond substituents is 1. The van der Waals surface area contributed by atoms with E-state index in [1.54, 1.807) is 12.1 Å². The van der Waals surface area contributed by atoms with E-state index in [1.807, 2.05) is 42.5 Å². The Morgan fingerprint density at radius 3 is 2.64 bits per heavy atom. The van der Waals surface area contributed by atoms with Crippen molar-refractivity contribution >= 4 is 10.8 Å². The number of phenols is 1. The van der Waals surface area contributed by atoms with Crippen LogP contribution in [-0.4, -0.2) is 24.3 Å². The van der Waals surface area contributed by atoms with Gasteiger partial charge < -0.3 is 19.9 Å². The molecule has 36 heavy (non-hydrogen) atoms. The van der Waals surface area contributed by atoms with E-state index >= 15 is 0 Å². The van der Waals surface area contributed by atoms with Gasteiger partial charge in [-0.1, -0.05) is 36.8 Å². The van der Waals surface area contributed by atoms with Crippen molar-refractivity contribution < 1.29 is 23.4 Å². The summed E-state index contributed by atoms with van der Waals surface area (Å²) in [5.41, 5.74) is 2.52. The lowest BCUT2D eigenvalue weighted by Gasteiger charge is -2.31. The maximum absolute atomic E-state index is 14.9. The van der Waals surface area contributed by atoms with E-state index in [9.17, 15) is 13.9 Å². The average Bonchev–Trinajstić information content (AvgIpc) is 2.88. The minimum Gasteiger partial charge on any atom is -0.508 e. The first-order valence-corrected chi connectivity index (χ1v) is 12.4. The van der Waals surface area contributed by atoms with Crippen LogP contribution >= 0.6 is 0 Å². The van der Waals surface area contributed by atoms with Crippen LogP contribution in [0.2, 0.25) is 0 Å². The van der Waals surface area contributed by atoms with Gasteiger partial charge in [-0.3, -0.25) is 0 Å². The van der Waals surface area contributed by atoms with Crippen molar-refractivity contribution in [3.63, 3.8) is 0 Å². The second-order valence-corrected chi connectivity index (χ2v) is 9.54. The van der Waals surface area contributed by atoms with Gasteiger partial charge in [-0.05, 0) is 72.0 Å². The predicted octanol–water partition coefficient (Wildman–Crippen LogP) is 6.88. The van der Waals surface area contributed by atoms with Gasteiger partial charge in [0.1, 0.15) is 28.9 Å². The Hall–Kier alpha value is -3.64. The van der Waals surface area contributed by atoms with Crippen LogP contribution in [0.25, 0.3) is 21.9 Å². The lowest BCUT2D eigenvalue weighted by molar-refractivity contribution is 0.242. The molecule has 0 amide bonds. The van der Waals surface area contributed by atoms with Crippen LogP contribution in [0.4, 0.5) is 8.78 Å². The maximum atomic E-state index is 14.9. The first-order chi connectivity index (χ1) is 17.6. The Bertz CT molecular complexity index is 1410. The van der Waals surface area contributed by atoms with Crippen molar-refractivity contribution in [3.05, 3.63) is 89.5 Å². The Labute approximate surface area is 208 Å². The van der Waals surface area contributed by atoms with Crippen LogP contribution in [0.3, 0.4) is 0 Å². The molecule has 6 rings (SSSR count). The zero-order valence-corrected chi connectivity index (χ0v) is 19.8. The van der Waals surface area contributed by atoms with Crippen molar-refractivity contribution in [3.8, 4) is 28.4 Å². The first-order valence-electron chi connectivity index (χ1n) is 12.4. The second kappa shape index (κ2) is 9.43. The van der Waals surface area contributed by atoms with Crippen molar-refractivity contribution in [1.82, 2.24) is 5.32 Å². The minimum absolute atomic E-state index is 0.148. The summed E-state index contributed by atoms with van der Waals surface area (Å²) in [5.74, 6) is -0.266. The summed E-state index contributed by atoms with van der Waals surface area (Å²) in [5, 5.41) is 15.2. The zero-order chi connectivity index (χ0) is 24.6. The number of piperidine rings is 1. The summed E-state index contributed by atoms with van der Waals surface area (Å²) in [6, 6.07) is 19.0. The number of hydrogen-bond acceptors (Lipinski definition) is 4. The van der Waals surface area contributed by atoms with Crippen LogP contribution < -0.4 is 14.8 Å². The fourth-order valence-electron chi connectivity index (χ4n) is 5.39. The molecular formula is C30H27F2NO3. The number of halogens is 2.